The lowest BCUT2D eigenvalue weighted by Gasteiger charge is -2.22. The molecule has 0 amide bonds. The zero-order valence-corrected chi connectivity index (χ0v) is 23.9. The second-order valence-electron chi connectivity index (χ2n) is 10.5. The molecule has 0 aliphatic carbocycles. The van der Waals surface area contributed by atoms with E-state index in [0.717, 1.165) is 19.4 Å². The van der Waals surface area contributed by atoms with Crippen molar-refractivity contribution in [2.45, 2.75) is 168 Å². The van der Waals surface area contributed by atoms with Gasteiger partial charge in [0.2, 0.25) is 0 Å². The van der Waals surface area contributed by atoms with Crippen LogP contribution in [0.5, 0.6) is 0 Å². The molecule has 0 rings (SSSR count). The molecule has 0 saturated heterocycles. The number of carbonyl (C=O) groups is 1. The second kappa shape index (κ2) is 28.7. The van der Waals surface area contributed by atoms with Crippen molar-refractivity contribution in [2.75, 3.05) is 26.2 Å². The van der Waals surface area contributed by atoms with Crippen molar-refractivity contribution in [2.24, 2.45) is 0 Å². The number of hydrogen-bond donors (Lipinski definition) is 0. The Balaban J connectivity index is 3.63. The first-order chi connectivity index (χ1) is 16.7. The molecule has 0 heterocycles. The molecule has 0 bridgehead atoms. The number of esters is 1. The van der Waals surface area contributed by atoms with Crippen molar-refractivity contribution in [1.82, 2.24) is 4.90 Å². The molecule has 0 aliphatic rings. The van der Waals surface area contributed by atoms with Crippen molar-refractivity contribution >= 4 is 5.97 Å². The zero-order chi connectivity index (χ0) is 25.0. The summed E-state index contributed by atoms with van der Waals surface area (Å²) in [5, 5.41) is 0. The van der Waals surface area contributed by atoms with Crippen molar-refractivity contribution < 1.29 is 9.53 Å². The highest BCUT2D eigenvalue weighted by molar-refractivity contribution is 5.69. The average molecular weight is 482 g/mol. The molecule has 0 aromatic heterocycles. The predicted molar refractivity (Wildman–Crippen MR) is 151 cm³/mol. The van der Waals surface area contributed by atoms with Crippen LogP contribution in [0.15, 0.2) is 0 Å². The standard InChI is InChI=1S/C31H63NO2/c1-4-7-10-12-14-15-16-17-18-20-22-24-28-32(27-9-6-3)29-25-30-34-31(33)26-23-21-19-13-11-8-5-2/h4-30H2,1-3H3. The molecule has 0 fully saturated rings. The van der Waals surface area contributed by atoms with Crippen molar-refractivity contribution in [3.05, 3.63) is 0 Å². The molecule has 0 aromatic rings. The quantitative estimate of drug-likeness (QED) is 0.0822. The summed E-state index contributed by atoms with van der Waals surface area (Å²) >= 11 is 0. The number of hydrogen-bond acceptors (Lipinski definition) is 3. The SMILES string of the molecule is CCCCCCCCCCCCCCN(CCCC)CCCOC(=O)CCCCCCCCC. The Morgan fingerprint density at radius 3 is 1.35 bits per heavy atom. The first-order valence-electron chi connectivity index (χ1n) is 15.6. The summed E-state index contributed by atoms with van der Waals surface area (Å²) in [5.74, 6) is 0.00891. The minimum atomic E-state index is 0.00891. The Morgan fingerprint density at radius 1 is 0.471 bits per heavy atom. The van der Waals surface area contributed by atoms with E-state index >= 15 is 0 Å². The van der Waals surface area contributed by atoms with E-state index in [4.69, 9.17) is 4.74 Å². The van der Waals surface area contributed by atoms with E-state index in [1.54, 1.807) is 0 Å². The van der Waals surface area contributed by atoms with Crippen LogP contribution >= 0.6 is 0 Å². The summed E-state index contributed by atoms with van der Waals surface area (Å²) in [6, 6.07) is 0. The molecule has 0 aliphatic heterocycles. The molecule has 0 N–H and O–H groups in total. The lowest BCUT2D eigenvalue weighted by molar-refractivity contribution is -0.144. The fourth-order valence-corrected chi connectivity index (χ4v) is 4.67. The Morgan fingerprint density at radius 2 is 0.853 bits per heavy atom. The van der Waals surface area contributed by atoms with Crippen LogP contribution in [0.25, 0.3) is 0 Å². The molecule has 0 atom stereocenters. The van der Waals surface area contributed by atoms with E-state index in [2.05, 4.69) is 25.7 Å². The number of ether oxygens (including phenoxy) is 1. The molecule has 3 nitrogen and oxygen atoms in total. The van der Waals surface area contributed by atoms with Gasteiger partial charge in [0.05, 0.1) is 6.61 Å². The van der Waals surface area contributed by atoms with Gasteiger partial charge >= 0.3 is 5.97 Å². The Bertz CT molecular complexity index is 399. The highest BCUT2D eigenvalue weighted by Gasteiger charge is 2.06. The average Bonchev–Trinajstić information content (AvgIpc) is 2.84. The lowest BCUT2D eigenvalue weighted by Crippen LogP contribution is -2.28. The Hall–Kier alpha value is -0.570. The van der Waals surface area contributed by atoms with Crippen LogP contribution in [0.2, 0.25) is 0 Å². The summed E-state index contributed by atoms with van der Waals surface area (Å²) in [7, 11) is 0. The third-order valence-electron chi connectivity index (χ3n) is 7.02. The van der Waals surface area contributed by atoms with Crippen LogP contribution in [0, 0.1) is 0 Å². The van der Waals surface area contributed by atoms with Gasteiger partial charge in [-0.15, -0.1) is 0 Å². The lowest BCUT2D eigenvalue weighted by atomic mass is 10.1. The fourth-order valence-electron chi connectivity index (χ4n) is 4.67. The molecule has 0 unspecified atom stereocenters. The van der Waals surface area contributed by atoms with Crippen molar-refractivity contribution in [3.8, 4) is 0 Å². The molecule has 34 heavy (non-hydrogen) atoms. The van der Waals surface area contributed by atoms with E-state index in [-0.39, 0.29) is 5.97 Å². The molecule has 0 aromatic carbocycles. The van der Waals surface area contributed by atoms with Crippen LogP contribution in [0.1, 0.15) is 168 Å². The predicted octanol–water partition coefficient (Wildman–Crippen LogP) is 9.86. The summed E-state index contributed by atoms with van der Waals surface area (Å²) in [4.78, 5) is 14.6. The van der Waals surface area contributed by atoms with Gasteiger partial charge in [0, 0.05) is 13.0 Å². The third kappa shape index (κ3) is 26.0. The topological polar surface area (TPSA) is 29.5 Å². The van der Waals surface area contributed by atoms with Gasteiger partial charge in [-0.05, 0) is 38.8 Å². The minimum Gasteiger partial charge on any atom is -0.466 e. The first-order valence-corrected chi connectivity index (χ1v) is 15.6. The maximum absolute atomic E-state index is 12.0. The summed E-state index contributed by atoms with van der Waals surface area (Å²) in [6.45, 7) is 10.9. The van der Waals surface area contributed by atoms with Gasteiger partial charge in [-0.25, -0.2) is 0 Å². The van der Waals surface area contributed by atoms with Gasteiger partial charge in [0.15, 0.2) is 0 Å². The maximum Gasteiger partial charge on any atom is 0.305 e. The monoisotopic (exact) mass is 481 g/mol. The van der Waals surface area contributed by atoms with Crippen molar-refractivity contribution in [3.63, 3.8) is 0 Å². The van der Waals surface area contributed by atoms with E-state index in [1.165, 1.54) is 142 Å². The maximum atomic E-state index is 12.0. The van der Waals surface area contributed by atoms with E-state index in [9.17, 15) is 4.79 Å². The largest absolute Gasteiger partial charge is 0.466 e. The smallest absolute Gasteiger partial charge is 0.305 e. The molecule has 0 radical (unpaired) electrons. The van der Waals surface area contributed by atoms with E-state index in [1.807, 2.05) is 0 Å². The summed E-state index contributed by atoms with van der Waals surface area (Å²) in [6.07, 6.45) is 29.7. The minimum absolute atomic E-state index is 0.00891. The van der Waals surface area contributed by atoms with Gasteiger partial charge in [-0.2, -0.15) is 0 Å². The van der Waals surface area contributed by atoms with Crippen LogP contribution in [-0.2, 0) is 9.53 Å². The molecular formula is C31H63NO2. The third-order valence-corrected chi connectivity index (χ3v) is 7.02. The van der Waals surface area contributed by atoms with Crippen LogP contribution in [-0.4, -0.2) is 37.1 Å². The van der Waals surface area contributed by atoms with Gasteiger partial charge in [0.25, 0.3) is 0 Å². The number of nitrogens with zero attached hydrogens (tertiary/aromatic N) is 1. The van der Waals surface area contributed by atoms with Crippen LogP contribution in [0.3, 0.4) is 0 Å². The molecular weight excluding hydrogens is 418 g/mol. The number of rotatable bonds is 28. The highest BCUT2D eigenvalue weighted by atomic mass is 16.5. The van der Waals surface area contributed by atoms with Gasteiger partial charge in [-0.3, -0.25) is 4.79 Å². The fraction of sp³-hybridized carbons (Fsp3) is 0.968. The zero-order valence-electron chi connectivity index (χ0n) is 23.9. The first kappa shape index (κ1) is 33.4. The Kier molecular flexibility index (Phi) is 28.2. The second-order valence-corrected chi connectivity index (χ2v) is 10.5. The molecule has 204 valence electrons. The van der Waals surface area contributed by atoms with E-state index < -0.39 is 0 Å². The number of carbonyl (C=O) groups excluding carboxylic acids is 1. The molecule has 0 saturated carbocycles. The van der Waals surface area contributed by atoms with Crippen molar-refractivity contribution in [1.29, 1.82) is 0 Å². The molecule has 3 heteroatoms. The molecule has 0 spiro atoms. The summed E-state index contributed by atoms with van der Waals surface area (Å²) in [5.41, 5.74) is 0. The van der Waals surface area contributed by atoms with Crippen LogP contribution < -0.4 is 0 Å². The highest BCUT2D eigenvalue weighted by Crippen LogP contribution is 2.13. The normalized spacial score (nSPS) is 11.4. The van der Waals surface area contributed by atoms with Gasteiger partial charge in [-0.1, -0.05) is 136 Å². The van der Waals surface area contributed by atoms with Gasteiger partial charge in [0.1, 0.15) is 0 Å². The number of unbranched alkanes of at least 4 members (excludes halogenated alkanes) is 18. The van der Waals surface area contributed by atoms with Gasteiger partial charge < -0.3 is 9.64 Å². The van der Waals surface area contributed by atoms with E-state index in [0.29, 0.717) is 13.0 Å². The summed E-state index contributed by atoms with van der Waals surface area (Å²) < 4.78 is 5.49. The van der Waals surface area contributed by atoms with Crippen LogP contribution in [0.4, 0.5) is 0 Å². The Labute approximate surface area is 215 Å².